The molecule has 0 spiro atoms. The average molecular weight is 804 g/mol. The van der Waals surface area contributed by atoms with Gasteiger partial charge in [0, 0.05) is 58.7 Å². The zero-order chi connectivity index (χ0) is 41.4. The molecule has 0 saturated carbocycles. The van der Waals surface area contributed by atoms with Gasteiger partial charge in [-0.05, 0) is 71.6 Å². The number of ether oxygens (including phenoxy) is 3. The lowest BCUT2D eigenvalue weighted by Gasteiger charge is -2.58. The zero-order valence-electron chi connectivity index (χ0n) is 35.8. The third-order valence-corrected chi connectivity index (χ3v) is 17.9. The Labute approximate surface area is 352 Å². The van der Waals surface area contributed by atoms with E-state index in [4.69, 9.17) is 23.6 Å². The maximum absolute atomic E-state index is 7.74. The fraction of sp³-hybridized carbons (Fsp3) is 0.327. The van der Waals surface area contributed by atoms with Gasteiger partial charge in [-0.3, -0.25) is 4.98 Å². The first-order valence-electron chi connectivity index (χ1n) is 21.1. The fourth-order valence-electron chi connectivity index (χ4n) is 9.40. The number of hydrogen-bond acceptors (Lipinski definition) is 5. The van der Waals surface area contributed by atoms with Gasteiger partial charge in [-0.1, -0.05) is 106 Å². The fourth-order valence-corrected chi connectivity index (χ4v) is 10.4. The molecule has 9 rings (SSSR count). The minimum Gasteiger partial charge on any atom is -0.543 e. The largest absolute Gasteiger partial charge is 0.543 e. The first kappa shape index (κ1) is 40.4. The molecule has 2 bridgehead atoms. The van der Waals surface area contributed by atoms with Crippen LogP contribution in [0.15, 0.2) is 140 Å². The Hall–Kier alpha value is -5.37. The van der Waals surface area contributed by atoms with Gasteiger partial charge in [0.15, 0.2) is 6.10 Å². The number of piperidine rings is 3. The summed E-state index contributed by atoms with van der Waals surface area (Å²) >= 11 is 0. The highest BCUT2D eigenvalue weighted by Crippen LogP contribution is 2.52. The van der Waals surface area contributed by atoms with Crippen LogP contribution in [-0.4, -0.2) is 51.1 Å². The first-order chi connectivity index (χ1) is 28.4. The van der Waals surface area contributed by atoms with Crippen LogP contribution in [0.25, 0.3) is 33.2 Å². The van der Waals surface area contributed by atoms with E-state index in [0.29, 0.717) is 11.8 Å². The Kier molecular flexibility index (Phi) is 11.2. The average Bonchev–Trinajstić information content (AvgIpc) is 3.25. The van der Waals surface area contributed by atoms with Crippen molar-refractivity contribution < 1.29 is 23.1 Å². The van der Waals surface area contributed by atoms with Crippen molar-refractivity contribution in [1.82, 2.24) is 4.98 Å². The molecule has 59 heavy (non-hydrogen) atoms. The van der Waals surface area contributed by atoms with Crippen molar-refractivity contribution in [3.05, 3.63) is 151 Å². The SMILES string of the molecule is C=C[C@H]1C[N@+]2(Cc3cc(OC)cc(OC)c3)CC[C@H]1C[C@@H]2[C@@H](Oc1cc(-c2ccccc2)c(O[Si](C)(C)C(C)(C)C)c(-c2ccccc2)c1)c1ccnc2ccccc12. The summed E-state index contributed by atoms with van der Waals surface area (Å²) in [6, 6.07) is 42.9. The number of nitrogens with zero attached hydrogens (tertiary/aromatic N) is 2. The minimum absolute atomic E-state index is 0.000200. The van der Waals surface area contributed by atoms with E-state index in [2.05, 4.69) is 162 Å². The number of rotatable bonds is 13. The molecule has 3 aliphatic heterocycles. The monoisotopic (exact) mass is 803 g/mol. The number of quaternary nitrogens is 1. The molecule has 304 valence electrons. The number of hydrogen-bond donors (Lipinski definition) is 0. The van der Waals surface area contributed by atoms with Crippen molar-refractivity contribution in [3.63, 3.8) is 0 Å². The number of aromatic nitrogens is 1. The zero-order valence-corrected chi connectivity index (χ0v) is 36.8. The summed E-state index contributed by atoms with van der Waals surface area (Å²) in [6.45, 7) is 18.8. The van der Waals surface area contributed by atoms with Crippen LogP contribution in [0.2, 0.25) is 18.1 Å². The molecule has 0 unspecified atom stereocenters. The Morgan fingerprint density at radius 2 is 1.41 bits per heavy atom. The van der Waals surface area contributed by atoms with Crippen LogP contribution >= 0.6 is 0 Å². The number of methoxy groups -OCH3 is 2. The van der Waals surface area contributed by atoms with Crippen molar-refractivity contribution in [2.24, 2.45) is 11.8 Å². The van der Waals surface area contributed by atoms with Gasteiger partial charge in [0.25, 0.3) is 8.32 Å². The maximum Gasteiger partial charge on any atom is 0.250 e. The summed E-state index contributed by atoms with van der Waals surface area (Å²) in [7, 11) is 1.16. The van der Waals surface area contributed by atoms with E-state index in [-0.39, 0.29) is 17.2 Å². The summed E-state index contributed by atoms with van der Waals surface area (Å²) < 4.78 is 27.6. The van der Waals surface area contributed by atoms with E-state index in [9.17, 15) is 0 Å². The Balaban J connectivity index is 1.34. The van der Waals surface area contributed by atoms with Crippen LogP contribution in [0, 0.1) is 11.8 Å². The molecule has 5 atom stereocenters. The van der Waals surface area contributed by atoms with Gasteiger partial charge < -0.3 is 23.1 Å². The standard InChI is InChI=1S/C52H59N2O4Si/c1-9-37-35-54(34-36-28-41(55-5)31-42(29-36)56-6)27-25-40(37)30-49(54)51(45-24-26-53-48-23-17-16-22-44(45)48)57-43-32-46(38-18-12-10-13-19-38)50(58-59(7,8)52(2,3)4)47(33-43)39-20-14-11-15-21-39/h9-24,26,28-29,31-33,37,40,49,51H,1,25,27,30,34-35H2,2-8H3/q+1/t37-,40-,49+,51-,54+/m0/s1. The first-order valence-corrected chi connectivity index (χ1v) is 24.0. The van der Waals surface area contributed by atoms with Crippen LogP contribution in [0.1, 0.15) is 50.8 Å². The molecule has 0 radical (unpaired) electrons. The highest BCUT2D eigenvalue weighted by atomic mass is 28.4. The second kappa shape index (κ2) is 16.3. The van der Waals surface area contributed by atoms with Gasteiger partial charge in [-0.25, -0.2) is 0 Å². The van der Waals surface area contributed by atoms with E-state index in [0.717, 1.165) is 98.7 Å². The summed E-state index contributed by atoms with van der Waals surface area (Å²) in [4.78, 5) is 4.83. The quantitative estimate of drug-likeness (QED) is 0.0661. The van der Waals surface area contributed by atoms with E-state index in [1.807, 2.05) is 12.3 Å². The molecular formula is C52H59N2O4Si+. The molecule has 7 heteroatoms. The lowest BCUT2D eigenvalue weighted by molar-refractivity contribution is -0.984. The molecule has 3 saturated heterocycles. The lowest BCUT2D eigenvalue weighted by atomic mass is 9.71. The normalized spacial score (nSPS) is 20.8. The summed E-state index contributed by atoms with van der Waals surface area (Å²) in [5.41, 5.74) is 7.59. The summed E-state index contributed by atoms with van der Waals surface area (Å²) in [5, 5.41) is 1.12. The highest BCUT2D eigenvalue weighted by molar-refractivity contribution is 6.74. The molecule has 3 fully saturated rings. The van der Waals surface area contributed by atoms with E-state index < -0.39 is 8.32 Å². The number of para-hydroxylation sites is 1. The van der Waals surface area contributed by atoms with Crippen molar-refractivity contribution in [3.8, 4) is 45.3 Å². The Morgan fingerprint density at radius 1 is 0.797 bits per heavy atom. The van der Waals surface area contributed by atoms with Crippen molar-refractivity contribution >= 4 is 19.2 Å². The van der Waals surface area contributed by atoms with Gasteiger partial charge in [0.2, 0.25) is 0 Å². The summed E-state index contributed by atoms with van der Waals surface area (Å²) in [5.74, 6) is 4.28. The molecule has 3 aliphatic rings. The molecule has 0 aliphatic carbocycles. The van der Waals surface area contributed by atoms with Gasteiger partial charge in [-0.15, -0.1) is 6.58 Å². The topological polar surface area (TPSA) is 49.8 Å². The number of pyridine rings is 1. The Morgan fingerprint density at radius 3 is 2.00 bits per heavy atom. The van der Waals surface area contributed by atoms with Gasteiger partial charge in [0.05, 0.1) is 32.8 Å². The second-order valence-electron chi connectivity index (χ2n) is 18.2. The lowest BCUT2D eigenvalue weighted by Crippen LogP contribution is -2.68. The maximum atomic E-state index is 7.74. The van der Waals surface area contributed by atoms with Gasteiger partial charge >= 0.3 is 0 Å². The van der Waals surface area contributed by atoms with Crippen molar-refractivity contribution in [2.45, 2.75) is 70.4 Å². The smallest absolute Gasteiger partial charge is 0.250 e. The Bertz CT molecular complexity index is 2340. The molecule has 5 aromatic carbocycles. The molecule has 6 nitrogen and oxygen atoms in total. The minimum atomic E-state index is -2.29. The predicted octanol–water partition coefficient (Wildman–Crippen LogP) is 12.7. The van der Waals surface area contributed by atoms with Crippen molar-refractivity contribution in [2.75, 3.05) is 27.3 Å². The highest BCUT2D eigenvalue weighted by Gasteiger charge is 2.55. The molecule has 0 N–H and O–H groups in total. The number of benzene rings is 5. The van der Waals surface area contributed by atoms with Crippen LogP contribution in [0.4, 0.5) is 0 Å². The van der Waals surface area contributed by atoms with Crippen LogP contribution in [-0.2, 0) is 6.54 Å². The molecule has 1 aromatic heterocycles. The third kappa shape index (κ3) is 8.03. The predicted molar refractivity (Wildman–Crippen MR) is 244 cm³/mol. The van der Waals surface area contributed by atoms with E-state index in [1.165, 1.54) is 5.56 Å². The summed E-state index contributed by atoms with van der Waals surface area (Å²) in [6.07, 6.45) is 6.03. The molecule has 4 heterocycles. The van der Waals surface area contributed by atoms with Gasteiger partial charge in [0.1, 0.15) is 35.6 Å². The number of fused-ring (bicyclic) bond motifs is 4. The molecular weight excluding hydrogens is 745 g/mol. The third-order valence-electron chi connectivity index (χ3n) is 13.6. The van der Waals surface area contributed by atoms with E-state index in [1.54, 1.807) is 14.2 Å². The van der Waals surface area contributed by atoms with Gasteiger partial charge in [-0.2, -0.15) is 0 Å². The van der Waals surface area contributed by atoms with Crippen LogP contribution < -0.4 is 18.6 Å². The van der Waals surface area contributed by atoms with E-state index >= 15 is 0 Å². The second-order valence-corrected chi connectivity index (χ2v) is 22.9. The van der Waals surface area contributed by atoms with Crippen LogP contribution in [0.5, 0.6) is 23.0 Å². The van der Waals surface area contributed by atoms with Crippen LogP contribution in [0.3, 0.4) is 0 Å². The van der Waals surface area contributed by atoms with Crippen molar-refractivity contribution in [1.29, 1.82) is 0 Å². The molecule has 0 amide bonds. The molecule has 6 aromatic rings.